The van der Waals surface area contributed by atoms with E-state index in [2.05, 4.69) is 39.8 Å². The van der Waals surface area contributed by atoms with Gasteiger partial charge in [0.2, 0.25) is 0 Å². The van der Waals surface area contributed by atoms with Gasteiger partial charge < -0.3 is 0 Å². The summed E-state index contributed by atoms with van der Waals surface area (Å²) in [6, 6.07) is 2.46. The lowest BCUT2D eigenvalue weighted by atomic mass is 9.92. The van der Waals surface area contributed by atoms with E-state index in [-0.39, 0.29) is 0 Å². The highest BCUT2D eigenvalue weighted by atomic mass is 14.3. The summed E-state index contributed by atoms with van der Waals surface area (Å²) in [5.41, 5.74) is 9.51. The fraction of sp³-hybridized carbons (Fsp3) is 0.579. The largest absolute Gasteiger partial charge is 0.0668 e. The number of fused-ring (bicyclic) bond motifs is 1. The van der Waals surface area contributed by atoms with E-state index < -0.39 is 0 Å². The van der Waals surface area contributed by atoms with E-state index >= 15 is 0 Å². The zero-order chi connectivity index (χ0) is 13.6. The highest BCUT2D eigenvalue weighted by Crippen LogP contribution is 2.40. The summed E-state index contributed by atoms with van der Waals surface area (Å²) < 4.78 is 0. The van der Waals surface area contributed by atoms with Crippen LogP contribution in [0.4, 0.5) is 0 Å². The maximum atomic E-state index is 2.52. The van der Waals surface area contributed by atoms with Crippen molar-refractivity contribution < 1.29 is 0 Å². The van der Waals surface area contributed by atoms with Gasteiger partial charge >= 0.3 is 0 Å². The molecule has 0 amide bonds. The molecule has 1 aromatic rings. The normalized spacial score (nSPS) is 22.7. The van der Waals surface area contributed by atoms with Gasteiger partial charge in [0.25, 0.3) is 0 Å². The molecule has 1 unspecified atom stereocenters. The van der Waals surface area contributed by atoms with Crippen LogP contribution in [0.1, 0.15) is 60.9 Å². The standard InChI is InChI=1S/C19H26/c1-5-15(16-6-7-16)11-18-13(3)10-17-8-12(2)9-19(17)14(18)4/h10-12,16H,5-9H2,1-4H3/b15-11+. The minimum Gasteiger partial charge on any atom is -0.0668 e. The summed E-state index contributed by atoms with van der Waals surface area (Å²) in [5, 5.41) is 0. The Bertz CT molecular complexity index is 529. The van der Waals surface area contributed by atoms with E-state index in [0.29, 0.717) is 0 Å². The van der Waals surface area contributed by atoms with Gasteiger partial charge in [-0.1, -0.05) is 31.6 Å². The van der Waals surface area contributed by atoms with Crippen LogP contribution in [0.5, 0.6) is 0 Å². The molecule has 0 aromatic heterocycles. The van der Waals surface area contributed by atoms with Crippen LogP contribution in [0, 0.1) is 25.7 Å². The van der Waals surface area contributed by atoms with Crippen molar-refractivity contribution in [1.82, 2.24) is 0 Å². The van der Waals surface area contributed by atoms with Gasteiger partial charge in [-0.05, 0) is 85.6 Å². The SMILES string of the molecule is CC/C(=C\c1c(C)cc2c(c1C)CC(C)C2)C1CC1. The number of aryl methyl sites for hydroxylation is 1. The molecule has 1 aromatic carbocycles. The van der Waals surface area contributed by atoms with Gasteiger partial charge in [-0.2, -0.15) is 0 Å². The van der Waals surface area contributed by atoms with Crippen LogP contribution < -0.4 is 0 Å². The molecule has 0 spiro atoms. The summed E-state index contributed by atoms with van der Waals surface area (Å²) in [6.45, 7) is 9.33. The average molecular weight is 254 g/mol. The third-order valence-corrected chi connectivity index (χ3v) is 5.02. The molecule has 0 radical (unpaired) electrons. The average Bonchev–Trinajstić information content (AvgIpc) is 3.13. The first-order valence-corrected chi connectivity index (χ1v) is 7.92. The number of allylic oxidation sites excluding steroid dienone is 1. The first kappa shape index (κ1) is 13.0. The second kappa shape index (κ2) is 4.81. The van der Waals surface area contributed by atoms with Gasteiger partial charge in [-0.25, -0.2) is 0 Å². The smallest absolute Gasteiger partial charge is 0.0195 e. The molecule has 1 saturated carbocycles. The van der Waals surface area contributed by atoms with Gasteiger partial charge in [0, 0.05) is 0 Å². The minimum atomic E-state index is 0.835. The van der Waals surface area contributed by atoms with Crippen LogP contribution in [0.15, 0.2) is 11.6 Å². The predicted molar refractivity (Wildman–Crippen MR) is 83.5 cm³/mol. The van der Waals surface area contributed by atoms with Crippen molar-refractivity contribution in [3.63, 3.8) is 0 Å². The number of rotatable bonds is 3. The Morgan fingerprint density at radius 1 is 1.26 bits per heavy atom. The molecule has 19 heavy (non-hydrogen) atoms. The molecular formula is C19H26. The Hall–Kier alpha value is -1.04. The lowest BCUT2D eigenvalue weighted by molar-refractivity contribution is 0.627. The maximum Gasteiger partial charge on any atom is -0.0195 e. The van der Waals surface area contributed by atoms with Crippen LogP contribution in [0.2, 0.25) is 0 Å². The molecule has 0 saturated heterocycles. The Kier molecular flexibility index (Phi) is 3.28. The molecule has 1 fully saturated rings. The Morgan fingerprint density at radius 3 is 2.63 bits per heavy atom. The van der Waals surface area contributed by atoms with Gasteiger partial charge in [-0.15, -0.1) is 0 Å². The van der Waals surface area contributed by atoms with Gasteiger partial charge in [-0.3, -0.25) is 0 Å². The molecule has 102 valence electrons. The van der Waals surface area contributed by atoms with Crippen molar-refractivity contribution in [1.29, 1.82) is 0 Å². The lowest BCUT2D eigenvalue weighted by Gasteiger charge is -2.13. The third kappa shape index (κ3) is 2.38. The van der Waals surface area contributed by atoms with Crippen molar-refractivity contribution in [2.75, 3.05) is 0 Å². The van der Waals surface area contributed by atoms with Crippen molar-refractivity contribution in [3.8, 4) is 0 Å². The Labute approximate surface area is 117 Å². The molecule has 0 nitrogen and oxygen atoms in total. The first-order chi connectivity index (χ1) is 9.10. The summed E-state index contributed by atoms with van der Waals surface area (Å²) in [4.78, 5) is 0. The summed E-state index contributed by atoms with van der Waals surface area (Å²) in [5.74, 6) is 1.73. The van der Waals surface area contributed by atoms with Gasteiger partial charge in [0.15, 0.2) is 0 Å². The fourth-order valence-electron chi connectivity index (χ4n) is 3.76. The fourth-order valence-corrected chi connectivity index (χ4v) is 3.76. The lowest BCUT2D eigenvalue weighted by Crippen LogP contribution is -1.97. The number of hydrogen-bond acceptors (Lipinski definition) is 0. The van der Waals surface area contributed by atoms with E-state index in [1.54, 1.807) is 22.3 Å². The molecule has 0 bridgehead atoms. The second-order valence-corrected chi connectivity index (χ2v) is 6.73. The van der Waals surface area contributed by atoms with Crippen molar-refractivity contribution in [2.24, 2.45) is 11.8 Å². The molecule has 0 heterocycles. The van der Waals surface area contributed by atoms with Crippen LogP contribution in [0.25, 0.3) is 6.08 Å². The van der Waals surface area contributed by atoms with Crippen molar-refractivity contribution >= 4 is 6.08 Å². The molecule has 0 aliphatic heterocycles. The molecule has 3 rings (SSSR count). The number of benzene rings is 1. The van der Waals surface area contributed by atoms with Crippen LogP contribution in [-0.4, -0.2) is 0 Å². The highest BCUT2D eigenvalue weighted by molar-refractivity contribution is 5.64. The Morgan fingerprint density at radius 2 is 2.00 bits per heavy atom. The minimum absolute atomic E-state index is 0.835. The molecular weight excluding hydrogens is 228 g/mol. The molecule has 0 N–H and O–H groups in total. The molecule has 1 atom stereocenters. The second-order valence-electron chi connectivity index (χ2n) is 6.73. The van der Waals surface area contributed by atoms with E-state index in [1.807, 2.05) is 0 Å². The van der Waals surface area contributed by atoms with E-state index in [0.717, 1.165) is 11.8 Å². The maximum absolute atomic E-state index is 2.52. The quantitative estimate of drug-likeness (QED) is 0.692. The zero-order valence-electron chi connectivity index (χ0n) is 12.8. The summed E-state index contributed by atoms with van der Waals surface area (Å²) in [7, 11) is 0. The van der Waals surface area contributed by atoms with Crippen LogP contribution in [0.3, 0.4) is 0 Å². The zero-order valence-corrected chi connectivity index (χ0v) is 12.8. The third-order valence-electron chi connectivity index (χ3n) is 5.02. The van der Waals surface area contributed by atoms with E-state index in [9.17, 15) is 0 Å². The van der Waals surface area contributed by atoms with Gasteiger partial charge in [0.05, 0.1) is 0 Å². The molecule has 2 aliphatic rings. The van der Waals surface area contributed by atoms with Crippen molar-refractivity contribution in [3.05, 3.63) is 39.5 Å². The first-order valence-electron chi connectivity index (χ1n) is 7.92. The van der Waals surface area contributed by atoms with Crippen LogP contribution >= 0.6 is 0 Å². The summed E-state index contributed by atoms with van der Waals surface area (Å²) >= 11 is 0. The van der Waals surface area contributed by atoms with Gasteiger partial charge in [0.1, 0.15) is 0 Å². The summed E-state index contributed by atoms with van der Waals surface area (Å²) in [6.07, 6.45) is 9.14. The molecule has 2 aliphatic carbocycles. The van der Waals surface area contributed by atoms with Crippen molar-refractivity contribution in [2.45, 2.75) is 59.8 Å². The number of hydrogen-bond donors (Lipinski definition) is 0. The van der Waals surface area contributed by atoms with Crippen LogP contribution in [-0.2, 0) is 12.8 Å². The van der Waals surface area contributed by atoms with E-state index in [4.69, 9.17) is 0 Å². The predicted octanol–water partition coefficient (Wildman–Crippen LogP) is 5.24. The Balaban J connectivity index is 2.05. The highest BCUT2D eigenvalue weighted by Gasteiger charge is 2.26. The topological polar surface area (TPSA) is 0 Å². The monoisotopic (exact) mass is 254 g/mol. The van der Waals surface area contributed by atoms with E-state index in [1.165, 1.54) is 43.2 Å². The molecule has 0 heteroatoms.